The molecule has 0 saturated heterocycles. The molecule has 20 heavy (non-hydrogen) atoms. The molecule has 0 radical (unpaired) electrons. The predicted octanol–water partition coefficient (Wildman–Crippen LogP) is 0.394. The van der Waals surface area contributed by atoms with Crippen molar-refractivity contribution in [3.05, 3.63) is 0 Å². The Morgan fingerprint density at radius 2 is 1.95 bits per heavy atom. The van der Waals surface area contributed by atoms with E-state index in [2.05, 4.69) is 10.6 Å². The van der Waals surface area contributed by atoms with Crippen LogP contribution in [-0.4, -0.2) is 47.6 Å². The van der Waals surface area contributed by atoms with Gasteiger partial charge in [0.2, 0.25) is 5.91 Å². The van der Waals surface area contributed by atoms with Crippen molar-refractivity contribution in [3.63, 3.8) is 0 Å². The van der Waals surface area contributed by atoms with Crippen LogP contribution in [0.2, 0.25) is 0 Å². The minimum Gasteiger partial charge on any atom is -0.481 e. The molecule has 0 saturated carbocycles. The van der Waals surface area contributed by atoms with E-state index in [1.165, 1.54) is 0 Å². The fraction of sp³-hybridized carbons (Fsp3) is 0.750. The van der Waals surface area contributed by atoms with E-state index in [9.17, 15) is 14.4 Å². The highest BCUT2D eigenvalue weighted by Crippen LogP contribution is 2.05. The molecule has 0 aliphatic rings. The van der Waals surface area contributed by atoms with Crippen LogP contribution in [0.4, 0.5) is 4.79 Å². The smallest absolute Gasteiger partial charge is 0.312 e. The van der Waals surface area contributed by atoms with Gasteiger partial charge in [-0.15, -0.1) is 0 Å². The van der Waals surface area contributed by atoms with Crippen molar-refractivity contribution in [2.45, 2.75) is 32.2 Å². The van der Waals surface area contributed by atoms with E-state index in [1.54, 1.807) is 18.7 Å². The Morgan fingerprint density at radius 3 is 2.45 bits per heavy atom. The Labute approximate surface area is 123 Å². The summed E-state index contributed by atoms with van der Waals surface area (Å²) in [5, 5.41) is 13.8. The maximum absolute atomic E-state index is 11.9. The minimum absolute atomic E-state index is 0.291. The Morgan fingerprint density at radius 1 is 1.30 bits per heavy atom. The summed E-state index contributed by atoms with van der Waals surface area (Å²) < 4.78 is 0. The number of carbonyl (C=O) groups is 3. The predicted molar refractivity (Wildman–Crippen MR) is 78.5 cm³/mol. The van der Waals surface area contributed by atoms with Crippen molar-refractivity contribution >= 4 is 29.7 Å². The summed E-state index contributed by atoms with van der Waals surface area (Å²) in [6, 6.07) is -1.37. The number of rotatable bonds is 10. The lowest BCUT2D eigenvalue weighted by Crippen LogP contribution is -2.49. The first-order chi connectivity index (χ1) is 9.38. The lowest BCUT2D eigenvalue weighted by molar-refractivity contribution is -0.141. The van der Waals surface area contributed by atoms with Gasteiger partial charge in [-0.05, 0) is 31.3 Å². The van der Waals surface area contributed by atoms with E-state index >= 15 is 0 Å². The van der Waals surface area contributed by atoms with E-state index < -0.39 is 24.0 Å². The monoisotopic (exact) mass is 305 g/mol. The first kappa shape index (κ1) is 18.6. The molecule has 2 atom stereocenters. The van der Waals surface area contributed by atoms with Crippen molar-refractivity contribution in [3.8, 4) is 0 Å². The SMILES string of the molecule is CSCCC(NC(N)=O)C(=O)NCCCC(C)C(=O)O. The van der Waals surface area contributed by atoms with Gasteiger partial charge in [0.1, 0.15) is 6.04 Å². The van der Waals surface area contributed by atoms with Gasteiger partial charge in [0.15, 0.2) is 0 Å². The fourth-order valence-electron chi connectivity index (χ4n) is 1.54. The highest BCUT2D eigenvalue weighted by Gasteiger charge is 2.19. The average molecular weight is 305 g/mol. The Hall–Kier alpha value is -1.44. The van der Waals surface area contributed by atoms with Crippen LogP contribution in [-0.2, 0) is 9.59 Å². The number of urea groups is 1. The highest BCUT2D eigenvalue weighted by molar-refractivity contribution is 7.98. The number of hydrogen-bond acceptors (Lipinski definition) is 4. The number of carboxylic acids is 1. The van der Waals surface area contributed by atoms with Crippen LogP contribution < -0.4 is 16.4 Å². The van der Waals surface area contributed by atoms with Crippen LogP contribution in [0.15, 0.2) is 0 Å². The second-order valence-electron chi connectivity index (χ2n) is 4.52. The van der Waals surface area contributed by atoms with Gasteiger partial charge in [0.25, 0.3) is 0 Å². The largest absolute Gasteiger partial charge is 0.481 e. The molecule has 116 valence electrons. The summed E-state index contributed by atoms with van der Waals surface area (Å²) in [6.07, 6.45) is 3.48. The average Bonchev–Trinajstić information content (AvgIpc) is 2.38. The van der Waals surface area contributed by atoms with Gasteiger partial charge in [-0.25, -0.2) is 4.79 Å². The molecule has 8 heteroatoms. The van der Waals surface area contributed by atoms with Gasteiger partial charge < -0.3 is 21.5 Å². The van der Waals surface area contributed by atoms with Crippen LogP contribution in [0.25, 0.3) is 0 Å². The summed E-state index contributed by atoms with van der Waals surface area (Å²) in [5.41, 5.74) is 5.03. The van der Waals surface area contributed by atoms with Crippen molar-refractivity contribution < 1.29 is 19.5 Å². The first-order valence-corrected chi connectivity index (χ1v) is 7.83. The lowest BCUT2D eigenvalue weighted by atomic mass is 10.1. The number of amides is 3. The number of nitrogens with two attached hydrogens (primary N) is 1. The molecule has 0 bridgehead atoms. The first-order valence-electron chi connectivity index (χ1n) is 6.44. The number of aliphatic carboxylic acids is 1. The standard InChI is InChI=1S/C12H23N3O4S/c1-8(11(17)18)4-3-6-14-10(16)9(5-7-20-2)15-12(13)19/h8-9H,3-7H2,1-2H3,(H,14,16)(H,17,18)(H3,13,15,19). The molecule has 3 amide bonds. The van der Waals surface area contributed by atoms with Crippen LogP contribution in [0, 0.1) is 5.92 Å². The highest BCUT2D eigenvalue weighted by atomic mass is 32.2. The van der Waals surface area contributed by atoms with E-state index in [0.717, 1.165) is 5.75 Å². The second kappa shape index (κ2) is 10.4. The van der Waals surface area contributed by atoms with Gasteiger partial charge >= 0.3 is 12.0 Å². The summed E-state index contributed by atoms with van der Waals surface area (Å²) in [7, 11) is 0. The third-order valence-electron chi connectivity index (χ3n) is 2.78. The molecular formula is C12H23N3O4S. The van der Waals surface area contributed by atoms with Crippen molar-refractivity contribution in [1.29, 1.82) is 0 Å². The number of nitrogens with one attached hydrogen (secondary N) is 2. The number of hydrogen-bond donors (Lipinski definition) is 4. The van der Waals surface area contributed by atoms with Gasteiger partial charge in [0.05, 0.1) is 5.92 Å². The van der Waals surface area contributed by atoms with E-state index in [1.807, 2.05) is 6.26 Å². The van der Waals surface area contributed by atoms with Crippen LogP contribution >= 0.6 is 11.8 Å². The molecule has 0 rings (SSSR count). The van der Waals surface area contributed by atoms with Crippen LogP contribution in [0.1, 0.15) is 26.2 Å². The van der Waals surface area contributed by atoms with Crippen LogP contribution in [0.3, 0.4) is 0 Å². The van der Waals surface area contributed by atoms with Gasteiger partial charge in [-0.2, -0.15) is 11.8 Å². The number of carboxylic acid groups (broad SMARTS) is 1. The third kappa shape index (κ3) is 8.63. The zero-order valence-electron chi connectivity index (χ0n) is 11.8. The molecule has 0 aromatic heterocycles. The molecule has 0 aliphatic heterocycles. The third-order valence-corrected chi connectivity index (χ3v) is 3.42. The Balaban J connectivity index is 4.05. The summed E-state index contributed by atoms with van der Waals surface area (Å²) in [6.45, 7) is 2.01. The maximum Gasteiger partial charge on any atom is 0.312 e. The van der Waals surface area contributed by atoms with Crippen LogP contribution in [0.5, 0.6) is 0 Å². The quantitative estimate of drug-likeness (QED) is 0.435. The Kier molecular flexibility index (Phi) is 9.61. The fourth-order valence-corrected chi connectivity index (χ4v) is 2.01. The van der Waals surface area contributed by atoms with E-state index in [0.29, 0.717) is 25.8 Å². The van der Waals surface area contributed by atoms with Gasteiger partial charge in [0, 0.05) is 6.54 Å². The molecule has 0 fully saturated rings. The number of carbonyl (C=O) groups excluding carboxylic acids is 2. The molecule has 5 N–H and O–H groups in total. The zero-order chi connectivity index (χ0) is 15.5. The number of primary amides is 1. The summed E-state index contributed by atoms with van der Waals surface area (Å²) >= 11 is 1.57. The normalized spacial score (nSPS) is 13.3. The Bertz CT molecular complexity index is 339. The second-order valence-corrected chi connectivity index (χ2v) is 5.50. The van der Waals surface area contributed by atoms with E-state index in [-0.39, 0.29) is 5.91 Å². The molecule has 0 spiro atoms. The minimum atomic E-state index is -0.843. The molecule has 2 unspecified atom stereocenters. The number of thioether (sulfide) groups is 1. The molecular weight excluding hydrogens is 282 g/mol. The van der Waals surface area contributed by atoms with Crippen molar-refractivity contribution in [2.24, 2.45) is 11.7 Å². The molecule has 0 aromatic carbocycles. The summed E-state index contributed by atoms with van der Waals surface area (Å²) in [5.74, 6) is -0.831. The molecule has 0 aliphatic carbocycles. The van der Waals surface area contributed by atoms with Gasteiger partial charge in [-0.3, -0.25) is 9.59 Å². The zero-order valence-corrected chi connectivity index (χ0v) is 12.7. The van der Waals surface area contributed by atoms with Crippen molar-refractivity contribution in [1.82, 2.24) is 10.6 Å². The van der Waals surface area contributed by atoms with Crippen molar-refractivity contribution in [2.75, 3.05) is 18.6 Å². The molecule has 7 nitrogen and oxygen atoms in total. The maximum atomic E-state index is 11.9. The molecule has 0 aromatic rings. The topological polar surface area (TPSA) is 122 Å². The lowest BCUT2D eigenvalue weighted by Gasteiger charge is -2.17. The molecule has 0 heterocycles. The van der Waals surface area contributed by atoms with Gasteiger partial charge in [-0.1, -0.05) is 6.92 Å². The summed E-state index contributed by atoms with van der Waals surface area (Å²) in [4.78, 5) is 33.3. The van der Waals surface area contributed by atoms with E-state index in [4.69, 9.17) is 10.8 Å².